The first-order chi connectivity index (χ1) is 5.74. The van der Waals surface area contributed by atoms with Gasteiger partial charge in [0.1, 0.15) is 6.10 Å². The van der Waals surface area contributed by atoms with Gasteiger partial charge >= 0.3 is 0 Å². The van der Waals surface area contributed by atoms with E-state index in [1.165, 1.54) is 6.20 Å². The van der Waals surface area contributed by atoms with Crippen LogP contribution in [0.4, 0.5) is 0 Å². The molecule has 1 aromatic rings. The highest BCUT2D eigenvalue weighted by Crippen LogP contribution is 2.11. The Balaban J connectivity index is 2.76. The molecule has 0 bridgehead atoms. The van der Waals surface area contributed by atoms with Crippen LogP contribution in [0.25, 0.3) is 0 Å². The molecule has 1 unspecified atom stereocenters. The average Bonchev–Trinajstić information content (AvgIpc) is 2.06. The zero-order valence-corrected chi connectivity index (χ0v) is 6.86. The van der Waals surface area contributed by atoms with E-state index >= 15 is 0 Å². The van der Waals surface area contributed by atoms with Crippen LogP contribution in [0.3, 0.4) is 0 Å². The van der Waals surface area contributed by atoms with Gasteiger partial charge in [0, 0.05) is 12.6 Å². The monoisotopic (exact) mass is 162 g/mol. The topological polar surface area (TPSA) is 46.0 Å². The van der Waals surface area contributed by atoms with Crippen LogP contribution in [0, 0.1) is 19.3 Å². The normalized spacial score (nSPS) is 12.1. The summed E-state index contributed by atoms with van der Waals surface area (Å²) in [6.07, 6.45) is 7.77. The molecule has 1 heterocycles. The number of hydrogen-bond donors (Lipinski definition) is 1. The van der Waals surface area contributed by atoms with Crippen molar-refractivity contribution < 1.29 is 5.11 Å². The van der Waals surface area contributed by atoms with Crippen molar-refractivity contribution in [3.05, 3.63) is 23.8 Å². The quantitative estimate of drug-likeness (QED) is 0.655. The van der Waals surface area contributed by atoms with Crippen molar-refractivity contribution in [1.29, 1.82) is 0 Å². The average molecular weight is 162 g/mol. The minimum Gasteiger partial charge on any atom is -0.386 e. The SMILES string of the molecule is C#CCC(O)c1cnc(C)cn1. The maximum atomic E-state index is 9.37. The third kappa shape index (κ3) is 2.04. The first-order valence-electron chi connectivity index (χ1n) is 3.64. The highest BCUT2D eigenvalue weighted by atomic mass is 16.3. The van der Waals surface area contributed by atoms with Gasteiger partial charge in [-0.25, -0.2) is 0 Å². The minimum absolute atomic E-state index is 0.276. The Hall–Kier alpha value is -1.40. The van der Waals surface area contributed by atoms with Crippen LogP contribution in [-0.4, -0.2) is 15.1 Å². The van der Waals surface area contributed by atoms with Gasteiger partial charge in [0.05, 0.1) is 17.6 Å². The number of nitrogens with zero attached hydrogens (tertiary/aromatic N) is 2. The molecule has 1 atom stereocenters. The van der Waals surface area contributed by atoms with Crippen LogP contribution in [0.2, 0.25) is 0 Å². The van der Waals surface area contributed by atoms with Gasteiger partial charge in [-0.3, -0.25) is 9.97 Å². The van der Waals surface area contributed by atoms with Crippen molar-refractivity contribution in [2.75, 3.05) is 0 Å². The van der Waals surface area contributed by atoms with Gasteiger partial charge < -0.3 is 5.11 Å². The maximum Gasteiger partial charge on any atom is 0.108 e. The molecule has 3 heteroatoms. The van der Waals surface area contributed by atoms with E-state index in [0.29, 0.717) is 5.69 Å². The zero-order valence-electron chi connectivity index (χ0n) is 6.86. The molecular formula is C9H10N2O. The number of aromatic nitrogens is 2. The lowest BCUT2D eigenvalue weighted by Crippen LogP contribution is -2.00. The number of rotatable bonds is 2. The van der Waals surface area contributed by atoms with E-state index in [4.69, 9.17) is 6.42 Å². The molecular weight excluding hydrogens is 152 g/mol. The van der Waals surface area contributed by atoms with Crippen molar-refractivity contribution in [3.8, 4) is 12.3 Å². The highest BCUT2D eigenvalue weighted by Gasteiger charge is 2.06. The van der Waals surface area contributed by atoms with E-state index in [1.807, 2.05) is 6.92 Å². The summed E-state index contributed by atoms with van der Waals surface area (Å²) < 4.78 is 0. The van der Waals surface area contributed by atoms with Crippen LogP contribution in [0.5, 0.6) is 0 Å². The second-order valence-corrected chi connectivity index (χ2v) is 2.51. The second-order valence-electron chi connectivity index (χ2n) is 2.51. The van der Waals surface area contributed by atoms with Gasteiger partial charge in [0.15, 0.2) is 0 Å². The highest BCUT2D eigenvalue weighted by molar-refractivity contribution is 5.06. The number of aryl methyl sites for hydroxylation is 1. The fourth-order valence-corrected chi connectivity index (χ4v) is 0.791. The number of hydrogen-bond acceptors (Lipinski definition) is 3. The van der Waals surface area contributed by atoms with E-state index in [2.05, 4.69) is 15.9 Å². The van der Waals surface area contributed by atoms with E-state index in [9.17, 15) is 5.11 Å². The summed E-state index contributed by atoms with van der Waals surface area (Å²) >= 11 is 0. The van der Waals surface area contributed by atoms with Gasteiger partial charge in [-0.1, -0.05) is 0 Å². The van der Waals surface area contributed by atoms with Crippen molar-refractivity contribution in [1.82, 2.24) is 9.97 Å². The molecule has 1 aromatic heterocycles. The predicted molar refractivity (Wildman–Crippen MR) is 45.2 cm³/mol. The van der Waals surface area contributed by atoms with Crippen LogP contribution < -0.4 is 0 Å². The molecule has 0 spiro atoms. The fourth-order valence-electron chi connectivity index (χ4n) is 0.791. The van der Waals surface area contributed by atoms with E-state index < -0.39 is 6.10 Å². The molecule has 0 saturated heterocycles. The summed E-state index contributed by atoms with van der Waals surface area (Å²) in [5.74, 6) is 2.36. The molecule has 0 aliphatic carbocycles. The third-order valence-corrected chi connectivity index (χ3v) is 1.45. The molecule has 0 amide bonds. The van der Waals surface area contributed by atoms with Crippen molar-refractivity contribution in [3.63, 3.8) is 0 Å². The van der Waals surface area contributed by atoms with E-state index in [1.54, 1.807) is 6.20 Å². The van der Waals surface area contributed by atoms with Crippen LogP contribution >= 0.6 is 0 Å². The van der Waals surface area contributed by atoms with Crippen LogP contribution in [0.1, 0.15) is 23.9 Å². The molecule has 62 valence electrons. The predicted octanol–water partition coefficient (Wildman–Crippen LogP) is 0.842. The molecule has 0 aromatic carbocycles. The summed E-state index contributed by atoms with van der Waals surface area (Å²) in [5.41, 5.74) is 1.35. The fraction of sp³-hybridized carbons (Fsp3) is 0.333. The molecule has 1 rings (SSSR count). The van der Waals surface area contributed by atoms with Gasteiger partial charge in [-0.15, -0.1) is 12.3 Å². The Kier molecular flexibility index (Phi) is 2.78. The second kappa shape index (κ2) is 3.84. The molecule has 0 radical (unpaired) electrons. The Morgan fingerprint density at radius 1 is 1.58 bits per heavy atom. The van der Waals surface area contributed by atoms with Crippen molar-refractivity contribution in [2.45, 2.75) is 19.4 Å². The lowest BCUT2D eigenvalue weighted by molar-refractivity contribution is 0.178. The van der Waals surface area contributed by atoms with Gasteiger partial charge in [-0.05, 0) is 6.92 Å². The Morgan fingerprint density at radius 2 is 2.33 bits per heavy atom. The summed E-state index contributed by atoms with van der Waals surface area (Å²) in [7, 11) is 0. The largest absolute Gasteiger partial charge is 0.386 e. The molecule has 0 aliphatic rings. The summed E-state index contributed by atoms with van der Waals surface area (Å²) in [6.45, 7) is 1.84. The van der Waals surface area contributed by atoms with Crippen LogP contribution in [0.15, 0.2) is 12.4 Å². The molecule has 0 aliphatic heterocycles. The smallest absolute Gasteiger partial charge is 0.108 e. The number of aliphatic hydroxyl groups excluding tert-OH is 1. The molecule has 0 saturated carbocycles. The zero-order chi connectivity index (χ0) is 8.97. The summed E-state index contributed by atoms with van der Waals surface area (Å²) in [5, 5.41) is 9.37. The number of aliphatic hydroxyl groups is 1. The van der Waals surface area contributed by atoms with Gasteiger partial charge in [0.2, 0.25) is 0 Å². The van der Waals surface area contributed by atoms with E-state index in [0.717, 1.165) is 5.69 Å². The number of terminal acetylenes is 1. The van der Waals surface area contributed by atoms with Gasteiger partial charge in [0.25, 0.3) is 0 Å². The minimum atomic E-state index is -0.692. The van der Waals surface area contributed by atoms with Crippen LogP contribution in [-0.2, 0) is 0 Å². The first kappa shape index (κ1) is 8.69. The van der Waals surface area contributed by atoms with Crippen molar-refractivity contribution >= 4 is 0 Å². The third-order valence-electron chi connectivity index (χ3n) is 1.45. The first-order valence-corrected chi connectivity index (χ1v) is 3.64. The summed E-state index contributed by atoms with van der Waals surface area (Å²) in [6, 6.07) is 0. The molecule has 12 heavy (non-hydrogen) atoms. The van der Waals surface area contributed by atoms with Gasteiger partial charge in [-0.2, -0.15) is 0 Å². The standard InChI is InChI=1S/C9H10N2O/c1-3-4-9(12)8-6-10-7(2)5-11-8/h1,5-6,9,12H,4H2,2H3. The molecule has 3 nitrogen and oxygen atoms in total. The summed E-state index contributed by atoms with van der Waals surface area (Å²) in [4.78, 5) is 7.98. The van der Waals surface area contributed by atoms with Crippen molar-refractivity contribution in [2.24, 2.45) is 0 Å². The Labute approximate surface area is 71.5 Å². The Bertz CT molecular complexity index is 286. The maximum absolute atomic E-state index is 9.37. The lowest BCUT2D eigenvalue weighted by Gasteiger charge is -2.04. The molecule has 0 fully saturated rings. The van der Waals surface area contributed by atoms with E-state index in [-0.39, 0.29) is 6.42 Å². The Morgan fingerprint density at radius 3 is 2.83 bits per heavy atom. The lowest BCUT2D eigenvalue weighted by atomic mass is 10.2. The molecule has 1 N–H and O–H groups in total.